The third kappa shape index (κ3) is 3.49. The summed E-state index contributed by atoms with van der Waals surface area (Å²) in [7, 11) is 0. The zero-order valence-corrected chi connectivity index (χ0v) is 7.44. The van der Waals surface area contributed by atoms with Crippen LogP contribution in [0.4, 0.5) is 0 Å². The number of aliphatic hydroxyl groups excluding tert-OH is 3. The van der Waals surface area contributed by atoms with Gasteiger partial charge in [0.1, 0.15) is 0 Å². The molecule has 1 radical (unpaired) electrons. The van der Waals surface area contributed by atoms with Crippen LogP contribution in [-0.2, 0) is 0 Å². The van der Waals surface area contributed by atoms with E-state index in [4.69, 9.17) is 15.3 Å². The monoisotopic (exact) mass is 177 g/mol. The lowest BCUT2D eigenvalue weighted by Crippen LogP contribution is -2.44. The Labute approximate surface area is 72.5 Å². The van der Waals surface area contributed by atoms with Crippen LogP contribution in [-0.4, -0.2) is 44.8 Å². The minimum Gasteiger partial charge on any atom is -0.396 e. The maximum absolute atomic E-state index is 9.63. The normalized spacial score (nSPS) is 21.5. The van der Waals surface area contributed by atoms with E-state index in [9.17, 15) is 5.11 Å². The van der Waals surface area contributed by atoms with Crippen LogP contribution in [0.1, 0.15) is 20.3 Å². The summed E-state index contributed by atoms with van der Waals surface area (Å²) in [5, 5.41) is 36.3. The molecule has 0 bridgehead atoms. The van der Waals surface area contributed by atoms with Crippen molar-refractivity contribution in [3.8, 4) is 0 Å². The molecule has 0 aromatic rings. The van der Waals surface area contributed by atoms with Crippen molar-refractivity contribution in [3.63, 3.8) is 0 Å². The van der Waals surface area contributed by atoms with Gasteiger partial charge in [-0.2, -0.15) is 0 Å². The van der Waals surface area contributed by atoms with Crippen LogP contribution < -0.4 is 0 Å². The van der Waals surface area contributed by atoms with Crippen molar-refractivity contribution >= 4 is 0 Å². The molecular formula is C8H17O4. The molecule has 0 aliphatic heterocycles. The summed E-state index contributed by atoms with van der Waals surface area (Å²) in [4.78, 5) is 0. The first kappa shape index (κ1) is 11.8. The van der Waals surface area contributed by atoms with E-state index < -0.39 is 17.8 Å². The van der Waals surface area contributed by atoms with E-state index in [1.54, 1.807) is 0 Å². The number of hydrogen-bond acceptors (Lipinski definition) is 4. The molecule has 73 valence electrons. The van der Waals surface area contributed by atoms with Crippen LogP contribution in [0.25, 0.3) is 0 Å². The Morgan fingerprint density at radius 1 is 1.33 bits per heavy atom. The van der Waals surface area contributed by atoms with Crippen LogP contribution in [0.15, 0.2) is 0 Å². The van der Waals surface area contributed by atoms with Crippen molar-refractivity contribution in [1.82, 2.24) is 0 Å². The van der Waals surface area contributed by atoms with Crippen molar-refractivity contribution in [2.45, 2.75) is 38.1 Å². The van der Waals surface area contributed by atoms with Crippen LogP contribution in [0.3, 0.4) is 0 Å². The number of aliphatic hydroxyl groups is 4. The van der Waals surface area contributed by atoms with E-state index in [2.05, 4.69) is 0 Å². The van der Waals surface area contributed by atoms with Crippen LogP contribution in [0, 0.1) is 6.42 Å². The summed E-state index contributed by atoms with van der Waals surface area (Å²) in [5.41, 5.74) is -1.50. The standard InChI is InChI=1S/C8H17O4/c1-6(10)5-8(12,3-4-9)7(2)11/h5-7,9-12H,3-4H2,1-2H3. The average molecular weight is 177 g/mol. The Morgan fingerprint density at radius 3 is 2.08 bits per heavy atom. The molecule has 4 heteroatoms. The van der Waals surface area contributed by atoms with Gasteiger partial charge in [-0.1, -0.05) is 0 Å². The second kappa shape index (κ2) is 4.77. The molecule has 0 saturated carbocycles. The molecule has 0 saturated heterocycles. The van der Waals surface area contributed by atoms with E-state index in [1.807, 2.05) is 0 Å². The largest absolute Gasteiger partial charge is 0.396 e. The first-order valence-corrected chi connectivity index (χ1v) is 3.98. The van der Waals surface area contributed by atoms with Crippen molar-refractivity contribution in [2.24, 2.45) is 0 Å². The van der Waals surface area contributed by atoms with Gasteiger partial charge in [0.25, 0.3) is 0 Å². The molecule has 0 aliphatic rings. The van der Waals surface area contributed by atoms with Gasteiger partial charge in [-0.05, 0) is 13.8 Å². The first-order valence-electron chi connectivity index (χ1n) is 3.98. The third-order valence-electron chi connectivity index (χ3n) is 1.77. The van der Waals surface area contributed by atoms with Crippen molar-refractivity contribution < 1.29 is 20.4 Å². The van der Waals surface area contributed by atoms with Gasteiger partial charge in [-0.15, -0.1) is 0 Å². The molecule has 0 amide bonds. The molecule has 12 heavy (non-hydrogen) atoms. The van der Waals surface area contributed by atoms with Gasteiger partial charge in [0.15, 0.2) is 0 Å². The van der Waals surface area contributed by atoms with Gasteiger partial charge >= 0.3 is 0 Å². The molecule has 0 fully saturated rings. The highest BCUT2D eigenvalue weighted by molar-refractivity contribution is 4.99. The molecule has 4 nitrogen and oxygen atoms in total. The Kier molecular flexibility index (Phi) is 4.70. The van der Waals surface area contributed by atoms with Crippen molar-refractivity contribution in [3.05, 3.63) is 6.42 Å². The molecule has 0 heterocycles. The van der Waals surface area contributed by atoms with E-state index in [0.717, 1.165) is 0 Å². The minimum absolute atomic E-state index is 0.0234. The Hall–Kier alpha value is -0.160. The SMILES string of the molecule is CC(O)[CH]C(O)(CCO)C(C)O. The molecule has 3 atom stereocenters. The summed E-state index contributed by atoms with van der Waals surface area (Å²) in [6, 6.07) is 0. The van der Waals surface area contributed by atoms with Gasteiger partial charge in [0.05, 0.1) is 17.8 Å². The molecule has 0 rings (SSSR count). The maximum Gasteiger partial charge on any atom is 0.0981 e. The molecule has 0 aromatic heterocycles. The lowest BCUT2D eigenvalue weighted by atomic mass is 9.88. The lowest BCUT2D eigenvalue weighted by molar-refractivity contribution is -0.0664. The predicted octanol–water partition coefficient (Wildman–Crippen LogP) is -0.934. The van der Waals surface area contributed by atoms with E-state index in [0.29, 0.717) is 0 Å². The van der Waals surface area contributed by atoms with Gasteiger partial charge in [-0.25, -0.2) is 0 Å². The summed E-state index contributed by atoms with van der Waals surface area (Å²) in [6.07, 6.45) is -0.570. The van der Waals surface area contributed by atoms with Crippen LogP contribution >= 0.6 is 0 Å². The summed E-state index contributed by atoms with van der Waals surface area (Å²) >= 11 is 0. The first-order chi connectivity index (χ1) is 5.42. The van der Waals surface area contributed by atoms with Crippen LogP contribution in [0.2, 0.25) is 0 Å². The second-order valence-electron chi connectivity index (χ2n) is 3.05. The fourth-order valence-electron chi connectivity index (χ4n) is 1.03. The van der Waals surface area contributed by atoms with E-state index in [1.165, 1.54) is 20.3 Å². The number of rotatable bonds is 5. The predicted molar refractivity (Wildman–Crippen MR) is 44.3 cm³/mol. The smallest absolute Gasteiger partial charge is 0.0981 e. The van der Waals surface area contributed by atoms with E-state index >= 15 is 0 Å². The van der Waals surface area contributed by atoms with Gasteiger partial charge in [0, 0.05) is 19.4 Å². The fraction of sp³-hybridized carbons (Fsp3) is 0.875. The lowest BCUT2D eigenvalue weighted by Gasteiger charge is -2.31. The molecular weight excluding hydrogens is 160 g/mol. The molecule has 0 aromatic carbocycles. The zero-order valence-electron chi connectivity index (χ0n) is 7.44. The summed E-state index contributed by atoms with van der Waals surface area (Å²) < 4.78 is 0. The van der Waals surface area contributed by atoms with E-state index in [-0.39, 0.29) is 13.0 Å². The third-order valence-corrected chi connectivity index (χ3v) is 1.77. The molecule has 3 unspecified atom stereocenters. The Balaban J connectivity index is 4.18. The second-order valence-corrected chi connectivity index (χ2v) is 3.05. The fourth-order valence-corrected chi connectivity index (χ4v) is 1.03. The van der Waals surface area contributed by atoms with Crippen molar-refractivity contribution in [1.29, 1.82) is 0 Å². The molecule has 4 N–H and O–H groups in total. The highest BCUT2D eigenvalue weighted by Crippen LogP contribution is 2.20. The van der Waals surface area contributed by atoms with Gasteiger partial charge < -0.3 is 20.4 Å². The molecule has 0 aliphatic carbocycles. The van der Waals surface area contributed by atoms with Crippen molar-refractivity contribution in [2.75, 3.05) is 6.61 Å². The minimum atomic E-state index is -1.50. The highest BCUT2D eigenvalue weighted by atomic mass is 16.3. The molecule has 0 spiro atoms. The Morgan fingerprint density at radius 2 is 1.83 bits per heavy atom. The van der Waals surface area contributed by atoms with Gasteiger partial charge in [0.2, 0.25) is 0 Å². The summed E-state index contributed by atoms with van der Waals surface area (Å²) in [6.45, 7) is 2.66. The number of hydrogen-bond donors (Lipinski definition) is 4. The van der Waals surface area contributed by atoms with Crippen LogP contribution in [0.5, 0.6) is 0 Å². The summed E-state index contributed by atoms with van der Waals surface area (Å²) in [5.74, 6) is 0. The average Bonchev–Trinajstić information content (AvgIpc) is 1.85. The highest BCUT2D eigenvalue weighted by Gasteiger charge is 2.33. The zero-order chi connectivity index (χ0) is 9.78. The topological polar surface area (TPSA) is 80.9 Å². The quantitative estimate of drug-likeness (QED) is 0.437. The van der Waals surface area contributed by atoms with Gasteiger partial charge in [-0.3, -0.25) is 0 Å². The Bertz CT molecular complexity index is 124. The maximum atomic E-state index is 9.63.